The number of nitro benzene ring substituents is 1. The topological polar surface area (TPSA) is 92.6 Å². The van der Waals surface area contributed by atoms with Crippen LogP contribution in [0.25, 0.3) is 0 Å². The van der Waals surface area contributed by atoms with E-state index in [0.717, 1.165) is 0 Å². The summed E-state index contributed by atoms with van der Waals surface area (Å²) in [5, 5.41) is 14.2. The molecule has 0 amide bonds. The van der Waals surface area contributed by atoms with Crippen molar-refractivity contribution in [3.05, 3.63) is 32.9 Å². The van der Waals surface area contributed by atoms with Gasteiger partial charge in [0.2, 0.25) is 10.0 Å². The van der Waals surface area contributed by atoms with Crippen LogP contribution in [0.2, 0.25) is 0 Å². The van der Waals surface area contributed by atoms with E-state index < -0.39 is 14.9 Å². The summed E-state index contributed by atoms with van der Waals surface area (Å²) >= 11 is 0. The first-order valence-corrected chi connectivity index (χ1v) is 8.06. The second-order valence-electron chi connectivity index (χ2n) is 5.40. The normalized spacial score (nSPS) is 16.0. The molecule has 1 aromatic carbocycles. The predicted molar refractivity (Wildman–Crippen MR) is 78.9 cm³/mol. The Bertz CT molecular complexity index is 696. The van der Waals surface area contributed by atoms with E-state index in [9.17, 15) is 18.5 Å². The summed E-state index contributed by atoms with van der Waals surface area (Å²) in [6, 6.07) is 1.46. The smallest absolute Gasteiger partial charge is 0.276 e. The summed E-state index contributed by atoms with van der Waals surface area (Å²) < 4.78 is 26.8. The number of hydrogen-bond acceptors (Lipinski definition) is 5. The predicted octanol–water partition coefficient (Wildman–Crippen LogP) is 1.11. The fourth-order valence-corrected chi connectivity index (χ4v) is 4.49. The van der Waals surface area contributed by atoms with Crippen molar-refractivity contribution in [2.24, 2.45) is 0 Å². The van der Waals surface area contributed by atoms with E-state index in [2.05, 4.69) is 5.32 Å². The third-order valence-corrected chi connectivity index (χ3v) is 6.15. The summed E-state index contributed by atoms with van der Waals surface area (Å²) in [4.78, 5) is 10.7. The Balaban J connectivity index is 2.62. The molecule has 1 aliphatic heterocycles. The van der Waals surface area contributed by atoms with Gasteiger partial charge in [0.15, 0.2) is 0 Å². The van der Waals surface area contributed by atoms with Gasteiger partial charge in [-0.05, 0) is 32.4 Å². The maximum Gasteiger partial charge on any atom is 0.276 e. The van der Waals surface area contributed by atoms with Gasteiger partial charge in [0.05, 0.1) is 9.82 Å². The number of nitro groups is 1. The van der Waals surface area contributed by atoms with Crippen molar-refractivity contribution in [3.8, 4) is 0 Å². The molecule has 0 bridgehead atoms. The molecule has 0 radical (unpaired) electrons. The molecule has 0 saturated carbocycles. The Morgan fingerprint density at radius 2 is 1.86 bits per heavy atom. The first-order valence-electron chi connectivity index (χ1n) is 6.62. The summed E-state index contributed by atoms with van der Waals surface area (Å²) in [6.07, 6.45) is 0. The first-order chi connectivity index (χ1) is 9.67. The fourth-order valence-electron chi connectivity index (χ4n) is 2.71. The molecule has 1 N–H and O–H groups in total. The van der Waals surface area contributed by atoms with Crippen LogP contribution in [0, 0.1) is 30.9 Å². The minimum absolute atomic E-state index is 0.0502. The van der Waals surface area contributed by atoms with Gasteiger partial charge in [-0.3, -0.25) is 10.1 Å². The molecule has 2 rings (SSSR count). The first kappa shape index (κ1) is 15.9. The highest BCUT2D eigenvalue weighted by atomic mass is 32.2. The van der Waals surface area contributed by atoms with E-state index in [0.29, 0.717) is 24.2 Å². The van der Waals surface area contributed by atoms with Crippen LogP contribution in [0.15, 0.2) is 11.0 Å². The lowest BCUT2D eigenvalue weighted by Gasteiger charge is -2.35. The zero-order valence-electron chi connectivity index (χ0n) is 12.5. The van der Waals surface area contributed by atoms with Crippen molar-refractivity contribution in [1.29, 1.82) is 0 Å². The Morgan fingerprint density at radius 3 is 2.29 bits per heavy atom. The van der Waals surface area contributed by atoms with Crippen molar-refractivity contribution < 1.29 is 13.3 Å². The Kier molecular flexibility index (Phi) is 4.05. The highest BCUT2D eigenvalue weighted by Crippen LogP contribution is 2.33. The molecule has 8 heteroatoms. The minimum Gasteiger partial charge on any atom is -0.313 e. The van der Waals surface area contributed by atoms with Gasteiger partial charge in [-0.15, -0.1) is 0 Å². The zero-order chi connectivity index (χ0) is 15.9. The van der Waals surface area contributed by atoms with Crippen molar-refractivity contribution >= 4 is 15.7 Å². The number of nitrogens with zero attached hydrogens (tertiary/aromatic N) is 2. The molecule has 0 atom stereocenters. The second kappa shape index (κ2) is 5.36. The molecule has 1 aromatic rings. The zero-order valence-corrected chi connectivity index (χ0v) is 13.3. The molecule has 0 unspecified atom stereocenters. The number of aryl methyl sites for hydroxylation is 2. The molecule has 0 aliphatic carbocycles. The van der Waals surface area contributed by atoms with Crippen LogP contribution >= 0.6 is 0 Å². The minimum atomic E-state index is -3.74. The van der Waals surface area contributed by atoms with Gasteiger partial charge in [-0.25, -0.2) is 8.42 Å². The standard InChI is InChI=1S/C13H19N3O4S/c1-8-5-9(2)13(10(3)12(8)16(17)18)21(19,20)15(4)11-6-14-7-11/h5,11,14H,6-7H2,1-4H3. The molecule has 7 nitrogen and oxygen atoms in total. The van der Waals surface area contributed by atoms with Gasteiger partial charge in [0, 0.05) is 37.3 Å². The monoisotopic (exact) mass is 313 g/mol. The summed E-state index contributed by atoms with van der Waals surface area (Å²) in [5.41, 5.74) is 1.09. The molecule has 21 heavy (non-hydrogen) atoms. The van der Waals surface area contributed by atoms with Gasteiger partial charge in [-0.2, -0.15) is 4.31 Å². The average molecular weight is 313 g/mol. The Hall–Kier alpha value is -1.51. The van der Waals surface area contributed by atoms with Crippen LogP contribution in [0.3, 0.4) is 0 Å². The molecule has 116 valence electrons. The van der Waals surface area contributed by atoms with Crippen LogP contribution in [-0.4, -0.2) is 43.8 Å². The molecule has 0 spiro atoms. The van der Waals surface area contributed by atoms with Crippen LogP contribution in [-0.2, 0) is 10.0 Å². The van der Waals surface area contributed by atoms with E-state index in [4.69, 9.17) is 0 Å². The second-order valence-corrected chi connectivity index (χ2v) is 7.34. The number of likely N-dealkylation sites (N-methyl/N-ethyl adjacent to an activating group) is 1. The summed E-state index contributed by atoms with van der Waals surface area (Å²) in [5.74, 6) is 0. The molecule has 0 aromatic heterocycles. The highest BCUT2D eigenvalue weighted by Gasteiger charge is 2.35. The molecule has 1 fully saturated rings. The van der Waals surface area contributed by atoms with Crippen molar-refractivity contribution in [1.82, 2.24) is 9.62 Å². The molecule has 1 aliphatic rings. The van der Waals surface area contributed by atoms with E-state index in [1.54, 1.807) is 19.9 Å². The van der Waals surface area contributed by atoms with E-state index in [1.165, 1.54) is 18.3 Å². The van der Waals surface area contributed by atoms with Gasteiger partial charge in [0.1, 0.15) is 0 Å². The average Bonchev–Trinajstić information content (AvgIpc) is 2.23. The van der Waals surface area contributed by atoms with Gasteiger partial charge in [0.25, 0.3) is 5.69 Å². The lowest BCUT2D eigenvalue weighted by atomic mass is 10.1. The maximum atomic E-state index is 12.8. The highest BCUT2D eigenvalue weighted by molar-refractivity contribution is 7.89. The van der Waals surface area contributed by atoms with E-state index >= 15 is 0 Å². The summed E-state index contributed by atoms with van der Waals surface area (Å²) in [6.45, 7) is 5.99. The van der Waals surface area contributed by atoms with Gasteiger partial charge < -0.3 is 5.32 Å². The molecule has 1 saturated heterocycles. The fraction of sp³-hybridized carbons (Fsp3) is 0.538. The largest absolute Gasteiger partial charge is 0.313 e. The number of nitrogens with one attached hydrogen (secondary N) is 1. The van der Waals surface area contributed by atoms with Gasteiger partial charge in [-0.1, -0.05) is 0 Å². The van der Waals surface area contributed by atoms with E-state index in [1.807, 2.05) is 0 Å². The third-order valence-electron chi connectivity index (χ3n) is 3.95. The molecular weight excluding hydrogens is 294 g/mol. The Morgan fingerprint density at radius 1 is 1.29 bits per heavy atom. The SMILES string of the molecule is Cc1cc(C)c(S(=O)(=O)N(C)C2CNC2)c(C)c1[N+](=O)[O-]. The number of sulfonamides is 1. The number of benzene rings is 1. The molecule has 1 heterocycles. The summed E-state index contributed by atoms with van der Waals surface area (Å²) in [7, 11) is -2.23. The third kappa shape index (κ3) is 2.54. The van der Waals surface area contributed by atoms with E-state index in [-0.39, 0.29) is 22.2 Å². The van der Waals surface area contributed by atoms with Crippen LogP contribution in [0.1, 0.15) is 16.7 Å². The van der Waals surface area contributed by atoms with Gasteiger partial charge >= 0.3 is 0 Å². The quantitative estimate of drug-likeness (QED) is 0.664. The van der Waals surface area contributed by atoms with Crippen molar-refractivity contribution in [2.75, 3.05) is 20.1 Å². The van der Waals surface area contributed by atoms with Crippen molar-refractivity contribution in [2.45, 2.75) is 31.7 Å². The maximum absolute atomic E-state index is 12.8. The Labute approximate surface area is 124 Å². The number of rotatable bonds is 4. The van der Waals surface area contributed by atoms with Crippen LogP contribution < -0.4 is 5.32 Å². The number of hydrogen-bond donors (Lipinski definition) is 1. The molecular formula is C13H19N3O4S. The van der Waals surface area contributed by atoms with Crippen molar-refractivity contribution in [3.63, 3.8) is 0 Å². The lowest BCUT2D eigenvalue weighted by Crippen LogP contribution is -2.57. The van der Waals surface area contributed by atoms with Crippen LogP contribution in [0.4, 0.5) is 5.69 Å². The lowest BCUT2D eigenvalue weighted by molar-refractivity contribution is -0.386. The van der Waals surface area contributed by atoms with Crippen LogP contribution in [0.5, 0.6) is 0 Å².